The number of thiophene rings is 1. The molecule has 6 nitrogen and oxygen atoms in total. The van der Waals surface area contributed by atoms with E-state index in [2.05, 4.69) is 0 Å². The molecule has 8 heteroatoms. The zero-order chi connectivity index (χ0) is 15.4. The molecule has 2 heterocycles. The second-order valence-electron chi connectivity index (χ2n) is 4.94. The average molecular weight is 333 g/mol. The summed E-state index contributed by atoms with van der Waals surface area (Å²) in [5.41, 5.74) is 0. The molecule has 116 valence electrons. The molecule has 1 aromatic heterocycles. The van der Waals surface area contributed by atoms with E-state index in [1.54, 1.807) is 29.0 Å². The molecular formula is C13H17ClN2O4S. The number of carbonyl (C=O) groups excluding carboxylic acids is 1. The quantitative estimate of drug-likeness (QED) is 0.879. The van der Waals surface area contributed by atoms with Crippen LogP contribution < -0.4 is 0 Å². The third-order valence-corrected chi connectivity index (χ3v) is 4.35. The van der Waals surface area contributed by atoms with Crippen LogP contribution in [0.3, 0.4) is 0 Å². The molecule has 0 aromatic carbocycles. The third-order valence-electron chi connectivity index (χ3n) is 3.13. The molecule has 21 heavy (non-hydrogen) atoms. The standard InChI is InChI=1S/C13H17ClN2O4S/c1-15(8-12(17)18)6-9-7-16(4-5-20-9)13(19)10-2-3-11(14)21-10/h2-3,9H,4-8H2,1H3,(H,17,18)/t9-/m1/s1. The van der Waals surface area contributed by atoms with Gasteiger partial charge in [0.2, 0.25) is 0 Å². The minimum atomic E-state index is -0.880. The monoisotopic (exact) mass is 332 g/mol. The molecule has 0 spiro atoms. The van der Waals surface area contributed by atoms with Crippen molar-refractivity contribution in [2.75, 3.05) is 39.8 Å². The van der Waals surface area contributed by atoms with Crippen molar-refractivity contribution in [3.8, 4) is 0 Å². The third kappa shape index (κ3) is 4.67. The van der Waals surface area contributed by atoms with Gasteiger partial charge in [0.15, 0.2) is 0 Å². The summed E-state index contributed by atoms with van der Waals surface area (Å²) in [5.74, 6) is -0.935. The fraction of sp³-hybridized carbons (Fsp3) is 0.538. The van der Waals surface area contributed by atoms with Crippen LogP contribution in [0.5, 0.6) is 0 Å². The highest BCUT2D eigenvalue weighted by molar-refractivity contribution is 7.17. The van der Waals surface area contributed by atoms with Gasteiger partial charge in [-0.05, 0) is 19.2 Å². The second kappa shape index (κ2) is 7.22. The lowest BCUT2D eigenvalue weighted by Gasteiger charge is -2.34. The van der Waals surface area contributed by atoms with Crippen LogP contribution in [-0.2, 0) is 9.53 Å². The predicted molar refractivity (Wildman–Crippen MR) is 80.1 cm³/mol. The summed E-state index contributed by atoms with van der Waals surface area (Å²) >= 11 is 7.11. The first-order valence-electron chi connectivity index (χ1n) is 6.52. The maximum absolute atomic E-state index is 12.3. The Balaban J connectivity index is 1.91. The van der Waals surface area contributed by atoms with Crippen LogP contribution in [0.15, 0.2) is 12.1 Å². The van der Waals surface area contributed by atoms with E-state index < -0.39 is 5.97 Å². The molecule has 2 rings (SSSR count). The number of halogens is 1. The van der Waals surface area contributed by atoms with Gasteiger partial charge in [-0.2, -0.15) is 0 Å². The van der Waals surface area contributed by atoms with Gasteiger partial charge in [-0.25, -0.2) is 0 Å². The molecule has 1 amide bonds. The number of aliphatic carboxylic acids is 1. The molecule has 1 fully saturated rings. The number of hydrogen-bond donors (Lipinski definition) is 1. The number of carbonyl (C=O) groups is 2. The summed E-state index contributed by atoms with van der Waals surface area (Å²) in [6, 6.07) is 3.42. The number of morpholine rings is 1. The van der Waals surface area contributed by atoms with Gasteiger partial charge in [0, 0.05) is 19.6 Å². The molecule has 1 aromatic rings. The maximum atomic E-state index is 12.3. The van der Waals surface area contributed by atoms with E-state index in [0.717, 1.165) is 0 Å². The van der Waals surface area contributed by atoms with Crippen LogP contribution in [0, 0.1) is 0 Å². The number of amides is 1. The molecule has 1 N–H and O–H groups in total. The topological polar surface area (TPSA) is 70.1 Å². The Bertz CT molecular complexity index is 522. The Hall–Kier alpha value is -1.15. The Morgan fingerprint density at radius 2 is 2.33 bits per heavy atom. The number of hydrogen-bond acceptors (Lipinski definition) is 5. The fourth-order valence-electron chi connectivity index (χ4n) is 2.24. The van der Waals surface area contributed by atoms with Gasteiger partial charge in [0.05, 0.1) is 28.5 Å². The first-order chi connectivity index (χ1) is 9.95. The summed E-state index contributed by atoms with van der Waals surface area (Å²) in [6.45, 7) is 1.87. The van der Waals surface area contributed by atoms with Crippen molar-refractivity contribution >= 4 is 34.8 Å². The van der Waals surface area contributed by atoms with Crippen LogP contribution in [-0.4, -0.2) is 72.7 Å². The molecule has 1 atom stereocenters. The van der Waals surface area contributed by atoms with Crippen molar-refractivity contribution in [2.45, 2.75) is 6.10 Å². The summed E-state index contributed by atoms with van der Waals surface area (Å²) in [5, 5.41) is 8.75. The van der Waals surface area contributed by atoms with Crippen molar-refractivity contribution in [3.05, 3.63) is 21.3 Å². The average Bonchev–Trinajstić information content (AvgIpc) is 2.84. The molecule has 0 radical (unpaired) electrons. The van der Waals surface area contributed by atoms with E-state index in [4.69, 9.17) is 21.4 Å². The fourth-order valence-corrected chi connectivity index (χ4v) is 3.25. The molecular weight excluding hydrogens is 316 g/mol. The van der Waals surface area contributed by atoms with E-state index in [9.17, 15) is 9.59 Å². The first-order valence-corrected chi connectivity index (χ1v) is 7.71. The largest absolute Gasteiger partial charge is 0.480 e. The van der Waals surface area contributed by atoms with Crippen LogP contribution in [0.1, 0.15) is 9.67 Å². The smallest absolute Gasteiger partial charge is 0.317 e. The zero-order valence-corrected chi connectivity index (χ0v) is 13.2. The summed E-state index contributed by atoms with van der Waals surface area (Å²) < 4.78 is 6.19. The molecule has 0 bridgehead atoms. The number of carboxylic acids is 1. The van der Waals surface area contributed by atoms with Gasteiger partial charge < -0.3 is 14.7 Å². The normalized spacial score (nSPS) is 19.0. The van der Waals surface area contributed by atoms with Crippen LogP contribution in [0.25, 0.3) is 0 Å². The lowest BCUT2D eigenvalue weighted by Crippen LogP contribution is -2.49. The summed E-state index contributed by atoms with van der Waals surface area (Å²) in [7, 11) is 1.72. The van der Waals surface area contributed by atoms with Crippen LogP contribution in [0.2, 0.25) is 4.34 Å². The molecule has 0 unspecified atom stereocenters. The van der Waals surface area contributed by atoms with Crippen molar-refractivity contribution in [2.24, 2.45) is 0 Å². The number of nitrogens with zero attached hydrogens (tertiary/aromatic N) is 2. The van der Waals surface area contributed by atoms with Crippen molar-refractivity contribution in [1.29, 1.82) is 0 Å². The van der Waals surface area contributed by atoms with Gasteiger partial charge in [-0.3, -0.25) is 14.5 Å². The van der Waals surface area contributed by atoms with Gasteiger partial charge in [0.25, 0.3) is 5.91 Å². The van der Waals surface area contributed by atoms with Crippen molar-refractivity contribution < 1.29 is 19.4 Å². The number of likely N-dealkylation sites (N-methyl/N-ethyl adjacent to an activating group) is 1. The predicted octanol–water partition coefficient (Wildman–Crippen LogP) is 1.26. The lowest BCUT2D eigenvalue weighted by molar-refractivity contribution is -0.138. The zero-order valence-electron chi connectivity index (χ0n) is 11.6. The van der Waals surface area contributed by atoms with Crippen molar-refractivity contribution in [1.82, 2.24) is 9.80 Å². The molecule has 1 saturated heterocycles. The van der Waals surface area contributed by atoms with Crippen LogP contribution >= 0.6 is 22.9 Å². The van der Waals surface area contributed by atoms with E-state index >= 15 is 0 Å². The van der Waals surface area contributed by atoms with Gasteiger partial charge in [-0.1, -0.05) is 11.6 Å². The number of ether oxygens (including phenoxy) is 1. The molecule has 0 aliphatic carbocycles. The van der Waals surface area contributed by atoms with E-state index in [1.165, 1.54) is 11.3 Å². The van der Waals surface area contributed by atoms with Gasteiger partial charge in [-0.15, -0.1) is 11.3 Å². The Morgan fingerprint density at radius 3 is 2.95 bits per heavy atom. The van der Waals surface area contributed by atoms with Crippen LogP contribution in [0.4, 0.5) is 0 Å². The Kier molecular flexibility index (Phi) is 5.58. The maximum Gasteiger partial charge on any atom is 0.317 e. The van der Waals surface area contributed by atoms with Gasteiger partial charge >= 0.3 is 5.97 Å². The molecule has 0 saturated carbocycles. The summed E-state index contributed by atoms with van der Waals surface area (Å²) in [4.78, 5) is 27.0. The SMILES string of the molecule is CN(CC(=O)O)C[C@@H]1CN(C(=O)c2ccc(Cl)s2)CCO1. The number of carboxylic acid groups (broad SMARTS) is 1. The highest BCUT2D eigenvalue weighted by Crippen LogP contribution is 2.23. The van der Waals surface area contributed by atoms with E-state index in [0.29, 0.717) is 35.5 Å². The summed E-state index contributed by atoms with van der Waals surface area (Å²) in [6.07, 6.45) is -0.178. The molecule has 1 aliphatic heterocycles. The second-order valence-corrected chi connectivity index (χ2v) is 6.65. The Labute approximate surface area is 131 Å². The highest BCUT2D eigenvalue weighted by atomic mass is 35.5. The molecule has 1 aliphatic rings. The first kappa shape index (κ1) is 16.2. The highest BCUT2D eigenvalue weighted by Gasteiger charge is 2.26. The minimum absolute atomic E-state index is 0.0473. The van der Waals surface area contributed by atoms with Gasteiger partial charge in [0.1, 0.15) is 0 Å². The minimum Gasteiger partial charge on any atom is -0.480 e. The number of rotatable bonds is 5. The van der Waals surface area contributed by atoms with E-state index in [-0.39, 0.29) is 18.6 Å². The Morgan fingerprint density at radius 1 is 1.57 bits per heavy atom. The lowest BCUT2D eigenvalue weighted by atomic mass is 10.2. The van der Waals surface area contributed by atoms with Crippen molar-refractivity contribution in [3.63, 3.8) is 0 Å². The van der Waals surface area contributed by atoms with E-state index in [1.807, 2.05) is 0 Å².